The molecule has 0 aliphatic rings. The number of rotatable bonds is 6. The van der Waals surface area contributed by atoms with Crippen molar-refractivity contribution >= 4 is 16.8 Å². The van der Waals surface area contributed by atoms with Crippen LogP contribution in [-0.4, -0.2) is 20.0 Å². The van der Waals surface area contributed by atoms with Crippen molar-refractivity contribution in [3.8, 4) is 11.5 Å². The standard InChI is InChI=1S/C17H20O5/c1-5-7-10-8-14(19)22-17-15(10)12(20-3)9-13(21-4)16(17)11(18)6-2/h8-9H,5-7H2,1-4H3. The number of methoxy groups -OCH3 is 2. The Kier molecular flexibility index (Phi) is 4.85. The summed E-state index contributed by atoms with van der Waals surface area (Å²) in [6.07, 6.45) is 1.86. The number of carbonyl (C=O) groups excluding carboxylic acids is 1. The monoisotopic (exact) mass is 304 g/mol. The van der Waals surface area contributed by atoms with Crippen LogP contribution in [0.4, 0.5) is 0 Å². The quantitative estimate of drug-likeness (QED) is 0.605. The molecule has 1 heterocycles. The number of carbonyl (C=O) groups is 1. The van der Waals surface area contributed by atoms with Gasteiger partial charge in [-0.15, -0.1) is 0 Å². The number of hydrogen-bond acceptors (Lipinski definition) is 5. The van der Waals surface area contributed by atoms with Crippen molar-refractivity contribution in [3.05, 3.63) is 33.7 Å². The molecule has 0 spiro atoms. The van der Waals surface area contributed by atoms with Crippen LogP contribution in [0.15, 0.2) is 21.3 Å². The molecule has 22 heavy (non-hydrogen) atoms. The Bertz CT molecular complexity index is 758. The molecule has 2 aromatic rings. The molecule has 118 valence electrons. The molecule has 0 bridgehead atoms. The molecule has 1 aromatic heterocycles. The van der Waals surface area contributed by atoms with Crippen LogP contribution in [-0.2, 0) is 6.42 Å². The molecule has 0 N–H and O–H groups in total. The van der Waals surface area contributed by atoms with Crippen LogP contribution in [0.5, 0.6) is 11.5 Å². The summed E-state index contributed by atoms with van der Waals surface area (Å²) in [6.45, 7) is 3.78. The van der Waals surface area contributed by atoms with Crippen molar-refractivity contribution in [2.24, 2.45) is 0 Å². The van der Waals surface area contributed by atoms with Gasteiger partial charge in [0.1, 0.15) is 17.1 Å². The second-order valence-electron chi connectivity index (χ2n) is 4.98. The third kappa shape index (κ3) is 2.71. The van der Waals surface area contributed by atoms with E-state index in [0.29, 0.717) is 35.3 Å². The van der Waals surface area contributed by atoms with E-state index in [9.17, 15) is 9.59 Å². The Morgan fingerprint density at radius 3 is 2.36 bits per heavy atom. The number of aryl methyl sites for hydroxylation is 1. The van der Waals surface area contributed by atoms with Gasteiger partial charge in [0.25, 0.3) is 0 Å². The molecular formula is C17H20O5. The van der Waals surface area contributed by atoms with E-state index in [1.807, 2.05) is 6.92 Å². The minimum Gasteiger partial charge on any atom is -0.496 e. The SMILES string of the molecule is CCCc1cc(=O)oc2c(C(=O)CC)c(OC)cc(OC)c12. The lowest BCUT2D eigenvalue weighted by molar-refractivity contribution is 0.0985. The molecule has 0 amide bonds. The van der Waals surface area contributed by atoms with Crippen molar-refractivity contribution in [2.75, 3.05) is 14.2 Å². The number of fused-ring (bicyclic) bond motifs is 1. The molecule has 0 fully saturated rings. The molecule has 5 heteroatoms. The molecule has 0 saturated heterocycles. The number of ether oxygens (including phenoxy) is 2. The van der Waals surface area contributed by atoms with Gasteiger partial charge in [0, 0.05) is 18.6 Å². The van der Waals surface area contributed by atoms with Gasteiger partial charge in [-0.25, -0.2) is 4.79 Å². The van der Waals surface area contributed by atoms with Gasteiger partial charge >= 0.3 is 5.63 Å². The Hall–Kier alpha value is -2.30. The first kappa shape index (κ1) is 16.1. The summed E-state index contributed by atoms with van der Waals surface area (Å²) < 4.78 is 16.1. The maximum atomic E-state index is 12.3. The molecule has 0 aliphatic carbocycles. The third-order valence-corrected chi connectivity index (χ3v) is 3.58. The molecule has 0 unspecified atom stereocenters. The summed E-state index contributed by atoms with van der Waals surface area (Å²) in [5.41, 5.74) is 0.893. The van der Waals surface area contributed by atoms with Gasteiger partial charge in [0.05, 0.1) is 19.6 Å². The van der Waals surface area contributed by atoms with E-state index in [-0.39, 0.29) is 11.4 Å². The van der Waals surface area contributed by atoms with Crippen molar-refractivity contribution < 1.29 is 18.7 Å². The summed E-state index contributed by atoms with van der Waals surface area (Å²) in [5, 5.41) is 0.668. The predicted octanol–water partition coefficient (Wildman–Crippen LogP) is 3.36. The van der Waals surface area contributed by atoms with Gasteiger partial charge in [0.2, 0.25) is 0 Å². The van der Waals surface area contributed by atoms with Crippen molar-refractivity contribution in [3.63, 3.8) is 0 Å². The van der Waals surface area contributed by atoms with E-state index in [0.717, 1.165) is 12.0 Å². The number of ketones is 1. The fourth-order valence-corrected chi connectivity index (χ4v) is 2.59. The fourth-order valence-electron chi connectivity index (χ4n) is 2.59. The average Bonchev–Trinajstić information content (AvgIpc) is 2.52. The van der Waals surface area contributed by atoms with Crippen LogP contribution in [0.2, 0.25) is 0 Å². The summed E-state index contributed by atoms with van der Waals surface area (Å²) in [6, 6.07) is 3.13. The summed E-state index contributed by atoms with van der Waals surface area (Å²) in [7, 11) is 3.01. The van der Waals surface area contributed by atoms with E-state index in [4.69, 9.17) is 13.9 Å². The lowest BCUT2D eigenvalue weighted by atomic mass is 9.98. The molecular weight excluding hydrogens is 284 g/mol. The minimum atomic E-state index is -0.476. The van der Waals surface area contributed by atoms with Crippen LogP contribution in [0.3, 0.4) is 0 Å². The topological polar surface area (TPSA) is 65.7 Å². The molecule has 2 rings (SSSR count). The highest BCUT2D eigenvalue weighted by molar-refractivity contribution is 6.10. The van der Waals surface area contributed by atoms with Crippen molar-refractivity contribution in [2.45, 2.75) is 33.1 Å². The van der Waals surface area contributed by atoms with E-state index < -0.39 is 5.63 Å². The van der Waals surface area contributed by atoms with Gasteiger partial charge in [0.15, 0.2) is 11.4 Å². The molecule has 0 radical (unpaired) electrons. The van der Waals surface area contributed by atoms with Gasteiger partial charge in [-0.1, -0.05) is 20.3 Å². The molecule has 0 saturated carbocycles. The summed E-state index contributed by atoms with van der Waals surface area (Å²) in [5.74, 6) is 0.751. The second kappa shape index (κ2) is 6.64. The van der Waals surface area contributed by atoms with Gasteiger partial charge < -0.3 is 13.9 Å². The van der Waals surface area contributed by atoms with E-state index in [2.05, 4.69) is 0 Å². The zero-order chi connectivity index (χ0) is 16.3. The molecule has 5 nitrogen and oxygen atoms in total. The second-order valence-corrected chi connectivity index (χ2v) is 4.98. The molecule has 0 aliphatic heterocycles. The lowest BCUT2D eigenvalue weighted by Gasteiger charge is -2.15. The first-order valence-electron chi connectivity index (χ1n) is 7.32. The minimum absolute atomic E-state index is 0.138. The van der Waals surface area contributed by atoms with Crippen LogP contribution < -0.4 is 15.1 Å². The van der Waals surface area contributed by atoms with Crippen LogP contribution >= 0.6 is 0 Å². The third-order valence-electron chi connectivity index (χ3n) is 3.58. The maximum Gasteiger partial charge on any atom is 0.336 e. The van der Waals surface area contributed by atoms with E-state index >= 15 is 0 Å². The fraction of sp³-hybridized carbons (Fsp3) is 0.412. The maximum absolute atomic E-state index is 12.3. The molecule has 1 aromatic carbocycles. The van der Waals surface area contributed by atoms with Crippen molar-refractivity contribution in [1.29, 1.82) is 0 Å². The summed E-state index contributed by atoms with van der Waals surface area (Å²) >= 11 is 0. The largest absolute Gasteiger partial charge is 0.496 e. The van der Waals surface area contributed by atoms with Crippen LogP contribution in [0.25, 0.3) is 11.0 Å². The highest BCUT2D eigenvalue weighted by Crippen LogP contribution is 2.38. The average molecular weight is 304 g/mol. The zero-order valence-corrected chi connectivity index (χ0v) is 13.3. The molecule has 0 atom stereocenters. The van der Waals surface area contributed by atoms with Crippen LogP contribution in [0, 0.1) is 0 Å². The number of hydrogen-bond donors (Lipinski definition) is 0. The smallest absolute Gasteiger partial charge is 0.336 e. The van der Waals surface area contributed by atoms with Gasteiger partial charge in [-0.2, -0.15) is 0 Å². The highest BCUT2D eigenvalue weighted by atomic mass is 16.5. The normalized spacial score (nSPS) is 10.7. The summed E-state index contributed by atoms with van der Waals surface area (Å²) in [4.78, 5) is 24.2. The first-order valence-corrected chi connectivity index (χ1v) is 7.32. The van der Waals surface area contributed by atoms with Gasteiger partial charge in [-0.3, -0.25) is 4.79 Å². The Labute approximate surface area is 128 Å². The van der Waals surface area contributed by atoms with Gasteiger partial charge in [-0.05, 0) is 12.0 Å². The Balaban J connectivity index is 2.98. The van der Waals surface area contributed by atoms with Crippen LogP contribution in [0.1, 0.15) is 42.6 Å². The van der Waals surface area contributed by atoms with Crippen molar-refractivity contribution in [1.82, 2.24) is 0 Å². The predicted molar refractivity (Wildman–Crippen MR) is 84.2 cm³/mol. The van der Waals surface area contributed by atoms with E-state index in [1.54, 1.807) is 13.0 Å². The Morgan fingerprint density at radius 2 is 1.82 bits per heavy atom. The highest BCUT2D eigenvalue weighted by Gasteiger charge is 2.23. The van der Waals surface area contributed by atoms with E-state index in [1.165, 1.54) is 20.3 Å². The first-order chi connectivity index (χ1) is 10.6. The Morgan fingerprint density at radius 1 is 1.14 bits per heavy atom. The lowest BCUT2D eigenvalue weighted by Crippen LogP contribution is -2.08. The zero-order valence-electron chi connectivity index (χ0n) is 13.3. The number of benzene rings is 1. The number of Topliss-reactive ketones (excluding diaryl/α,β-unsaturated/α-hetero) is 1.